The standard InChI is InChI=1S/2C14H18N4O4/c2*1-9(16-22-4)14(17-20)12(15-18(2)13(14)19)10-5-7-11(21-3)8-6-10/h2*5-8,17,20H,1-4H3. The predicted molar refractivity (Wildman–Crippen MR) is 160 cm³/mol. The molecule has 0 saturated carbocycles. The maximum atomic E-state index is 12.5. The number of hydrogen-bond donors (Lipinski definition) is 4. The van der Waals surface area contributed by atoms with Gasteiger partial charge in [0.2, 0.25) is 11.1 Å². The number of hydroxylamine groups is 2. The normalized spacial score (nSPS) is 21.9. The van der Waals surface area contributed by atoms with Crippen molar-refractivity contribution in [2.75, 3.05) is 42.5 Å². The zero-order chi connectivity index (χ0) is 32.7. The SMILES string of the molecule is CON=C(C)C1(NO)C(=O)N(C)N=C1c1ccc(OC)cc1.CON=C(C)C1(NO)C(=O)N(C)N=C1c1ccc(OC)cc1. The molecule has 2 amide bonds. The summed E-state index contributed by atoms with van der Waals surface area (Å²) < 4.78 is 10.2. The number of oxime groups is 2. The molecule has 4 rings (SSSR count). The highest BCUT2D eigenvalue weighted by Crippen LogP contribution is 2.28. The van der Waals surface area contributed by atoms with Crippen LogP contribution < -0.4 is 20.4 Å². The number of nitrogens with one attached hydrogen (secondary N) is 2. The van der Waals surface area contributed by atoms with Gasteiger partial charge < -0.3 is 29.6 Å². The molecule has 0 saturated heterocycles. The number of nitrogens with zero attached hydrogens (tertiary/aromatic N) is 6. The average Bonchev–Trinajstić information content (AvgIpc) is 3.46. The summed E-state index contributed by atoms with van der Waals surface area (Å²) in [5.41, 5.74) is 3.35. The molecular formula is C28H36N8O8. The molecule has 0 bridgehead atoms. The second kappa shape index (κ2) is 14.0. The molecule has 2 atom stereocenters. The predicted octanol–water partition coefficient (Wildman–Crippen LogP) is 1.22. The van der Waals surface area contributed by atoms with E-state index in [4.69, 9.17) is 19.1 Å². The van der Waals surface area contributed by atoms with Gasteiger partial charge in [0, 0.05) is 25.2 Å². The van der Waals surface area contributed by atoms with Crippen LogP contribution in [0.15, 0.2) is 69.0 Å². The van der Waals surface area contributed by atoms with Gasteiger partial charge in [0.25, 0.3) is 11.8 Å². The van der Waals surface area contributed by atoms with Gasteiger partial charge in [-0.3, -0.25) is 9.59 Å². The molecule has 16 heteroatoms. The smallest absolute Gasteiger partial charge is 0.277 e. The van der Waals surface area contributed by atoms with Crippen molar-refractivity contribution in [1.29, 1.82) is 0 Å². The topological polar surface area (TPSA) is 191 Å². The Hall–Kier alpha value is -4.90. The van der Waals surface area contributed by atoms with Gasteiger partial charge >= 0.3 is 0 Å². The molecule has 236 valence electrons. The fourth-order valence-corrected chi connectivity index (χ4v) is 4.70. The highest BCUT2D eigenvalue weighted by Gasteiger charge is 2.55. The monoisotopic (exact) mass is 612 g/mol. The first-order chi connectivity index (χ1) is 21.0. The molecule has 0 fully saturated rings. The van der Waals surface area contributed by atoms with Crippen LogP contribution in [0, 0.1) is 0 Å². The molecule has 0 radical (unpaired) electrons. The van der Waals surface area contributed by atoms with Crippen molar-refractivity contribution < 1.29 is 39.2 Å². The number of amides is 2. The van der Waals surface area contributed by atoms with E-state index in [1.807, 2.05) is 0 Å². The van der Waals surface area contributed by atoms with Crippen molar-refractivity contribution in [3.05, 3.63) is 59.7 Å². The first-order valence-corrected chi connectivity index (χ1v) is 13.0. The third kappa shape index (κ3) is 5.83. The van der Waals surface area contributed by atoms with Gasteiger partial charge in [0.15, 0.2) is 0 Å². The number of hydrazone groups is 2. The van der Waals surface area contributed by atoms with Crippen LogP contribution in [0.2, 0.25) is 0 Å². The fraction of sp³-hybridized carbons (Fsp3) is 0.357. The van der Waals surface area contributed by atoms with Crippen molar-refractivity contribution in [2.24, 2.45) is 20.5 Å². The van der Waals surface area contributed by atoms with Gasteiger partial charge in [-0.05, 0) is 62.4 Å². The lowest BCUT2D eigenvalue weighted by Gasteiger charge is -2.26. The van der Waals surface area contributed by atoms with E-state index in [-0.39, 0.29) is 11.4 Å². The number of carbonyl (C=O) groups excluding carboxylic acids is 2. The number of rotatable bonds is 10. The van der Waals surface area contributed by atoms with Crippen LogP contribution >= 0.6 is 0 Å². The lowest BCUT2D eigenvalue weighted by Crippen LogP contribution is -2.61. The Morgan fingerprint density at radius 1 is 0.682 bits per heavy atom. The Morgan fingerprint density at radius 2 is 1.00 bits per heavy atom. The van der Waals surface area contributed by atoms with E-state index in [2.05, 4.69) is 31.5 Å². The number of benzene rings is 2. The second-order valence-electron chi connectivity index (χ2n) is 9.45. The number of likely N-dealkylation sites (N-methyl/N-ethyl adjacent to an activating group) is 2. The average molecular weight is 613 g/mol. The third-order valence-electron chi connectivity index (χ3n) is 7.04. The number of hydrogen-bond acceptors (Lipinski definition) is 14. The number of methoxy groups -OCH3 is 2. The van der Waals surface area contributed by atoms with Crippen molar-refractivity contribution >= 4 is 34.7 Å². The Morgan fingerprint density at radius 3 is 1.25 bits per heavy atom. The largest absolute Gasteiger partial charge is 0.497 e. The Bertz CT molecular complexity index is 1360. The van der Waals surface area contributed by atoms with Crippen LogP contribution in [0.4, 0.5) is 0 Å². The molecule has 0 aliphatic carbocycles. The number of carbonyl (C=O) groups is 2. The summed E-state index contributed by atoms with van der Waals surface area (Å²) in [6.45, 7) is 3.14. The Kier molecular flexibility index (Phi) is 10.7. The van der Waals surface area contributed by atoms with E-state index < -0.39 is 22.9 Å². The summed E-state index contributed by atoms with van der Waals surface area (Å²) >= 11 is 0. The fourth-order valence-electron chi connectivity index (χ4n) is 4.70. The summed E-state index contributed by atoms with van der Waals surface area (Å²) in [6, 6.07) is 14.0. The van der Waals surface area contributed by atoms with E-state index in [0.717, 1.165) is 10.0 Å². The highest BCUT2D eigenvalue weighted by molar-refractivity contribution is 6.38. The van der Waals surface area contributed by atoms with Crippen molar-refractivity contribution in [2.45, 2.75) is 24.9 Å². The third-order valence-corrected chi connectivity index (χ3v) is 7.04. The molecule has 2 aliphatic heterocycles. The second-order valence-corrected chi connectivity index (χ2v) is 9.45. The molecule has 2 aromatic carbocycles. The number of ether oxygens (including phenoxy) is 2. The highest BCUT2D eigenvalue weighted by atomic mass is 16.6. The minimum Gasteiger partial charge on any atom is -0.497 e. The van der Waals surface area contributed by atoms with Crippen LogP contribution in [0.3, 0.4) is 0 Å². The molecule has 16 nitrogen and oxygen atoms in total. The van der Waals surface area contributed by atoms with Crippen LogP contribution in [-0.4, -0.2) is 109 Å². The zero-order valence-corrected chi connectivity index (χ0v) is 25.6. The maximum Gasteiger partial charge on any atom is 0.277 e. The van der Waals surface area contributed by atoms with Crippen LogP contribution in [-0.2, 0) is 19.3 Å². The molecule has 0 spiro atoms. The van der Waals surface area contributed by atoms with E-state index in [0.29, 0.717) is 34.0 Å². The van der Waals surface area contributed by atoms with Crippen LogP contribution in [0.25, 0.3) is 0 Å². The minimum absolute atomic E-state index is 0.237. The van der Waals surface area contributed by atoms with Gasteiger partial charge in [-0.1, -0.05) is 10.3 Å². The maximum absolute atomic E-state index is 12.5. The lowest BCUT2D eigenvalue weighted by molar-refractivity contribution is -0.133. The molecule has 2 heterocycles. The summed E-state index contributed by atoms with van der Waals surface area (Å²) in [5.74, 6) is 0.428. The van der Waals surface area contributed by atoms with Crippen molar-refractivity contribution in [3.63, 3.8) is 0 Å². The summed E-state index contributed by atoms with van der Waals surface area (Å²) in [7, 11) is 8.86. The molecule has 0 aromatic heterocycles. The van der Waals surface area contributed by atoms with Gasteiger partial charge in [-0.25, -0.2) is 10.0 Å². The van der Waals surface area contributed by atoms with Crippen molar-refractivity contribution in [3.8, 4) is 11.5 Å². The summed E-state index contributed by atoms with van der Waals surface area (Å²) in [5, 5.41) is 37.7. The van der Waals surface area contributed by atoms with Gasteiger partial charge in [0.1, 0.15) is 37.1 Å². The Labute approximate surface area is 254 Å². The van der Waals surface area contributed by atoms with E-state index in [9.17, 15) is 20.0 Å². The van der Waals surface area contributed by atoms with E-state index in [1.165, 1.54) is 28.3 Å². The van der Waals surface area contributed by atoms with Crippen molar-refractivity contribution in [1.82, 2.24) is 21.0 Å². The summed E-state index contributed by atoms with van der Waals surface area (Å²) in [4.78, 5) is 34.5. The zero-order valence-electron chi connectivity index (χ0n) is 25.6. The quantitative estimate of drug-likeness (QED) is 0.224. The summed E-state index contributed by atoms with van der Waals surface area (Å²) in [6.07, 6.45) is 0. The van der Waals surface area contributed by atoms with Gasteiger partial charge in [0.05, 0.1) is 25.6 Å². The minimum atomic E-state index is -1.58. The van der Waals surface area contributed by atoms with Crippen LogP contribution in [0.1, 0.15) is 25.0 Å². The molecule has 4 N–H and O–H groups in total. The van der Waals surface area contributed by atoms with Gasteiger partial charge in [-0.2, -0.15) is 21.2 Å². The molecule has 2 aromatic rings. The lowest BCUT2D eigenvalue weighted by atomic mass is 9.85. The molecule has 2 aliphatic rings. The Balaban J connectivity index is 0.000000240. The van der Waals surface area contributed by atoms with E-state index in [1.54, 1.807) is 76.6 Å². The first kappa shape index (κ1) is 33.6. The first-order valence-electron chi connectivity index (χ1n) is 13.0. The molecular weight excluding hydrogens is 576 g/mol. The van der Waals surface area contributed by atoms with Gasteiger partial charge in [-0.15, -0.1) is 0 Å². The van der Waals surface area contributed by atoms with E-state index >= 15 is 0 Å². The molecule has 2 unspecified atom stereocenters. The van der Waals surface area contributed by atoms with Crippen LogP contribution in [0.5, 0.6) is 11.5 Å². The molecule has 44 heavy (non-hydrogen) atoms.